The smallest absolute Gasteiger partial charge is 0.135 e. The van der Waals surface area contributed by atoms with Crippen LogP contribution in [-0.2, 0) is 6.54 Å². The van der Waals surface area contributed by atoms with Gasteiger partial charge in [0.05, 0.1) is 11.6 Å². The molecule has 0 unspecified atom stereocenters. The second-order valence-electron chi connectivity index (χ2n) is 4.03. The van der Waals surface area contributed by atoms with E-state index in [1.165, 1.54) is 0 Å². The van der Waals surface area contributed by atoms with Gasteiger partial charge in [-0.3, -0.25) is 0 Å². The van der Waals surface area contributed by atoms with Crippen molar-refractivity contribution in [1.82, 2.24) is 5.32 Å². The summed E-state index contributed by atoms with van der Waals surface area (Å²) in [5.74, 6) is 1.75. The number of aryl methyl sites for hydroxylation is 1. The van der Waals surface area contributed by atoms with Crippen molar-refractivity contribution in [3.63, 3.8) is 0 Å². The third-order valence-electron chi connectivity index (χ3n) is 2.60. The summed E-state index contributed by atoms with van der Waals surface area (Å²) < 4.78 is 5.75. The highest BCUT2D eigenvalue weighted by molar-refractivity contribution is 6.33. The zero-order valence-electron chi connectivity index (χ0n) is 10.1. The first-order valence-corrected chi connectivity index (χ1v) is 6.14. The molecule has 0 fully saturated rings. The Hall–Kier alpha value is -1.25. The van der Waals surface area contributed by atoms with Crippen LogP contribution in [0.4, 0.5) is 0 Å². The molecule has 1 aromatic carbocycles. The Morgan fingerprint density at radius 1 is 1.24 bits per heavy atom. The van der Waals surface area contributed by atoms with Crippen molar-refractivity contribution >= 4 is 11.6 Å². The Morgan fingerprint density at radius 3 is 2.76 bits per heavy atom. The normalized spacial score (nSPS) is 10.8. The van der Waals surface area contributed by atoms with E-state index in [2.05, 4.69) is 12.2 Å². The fourth-order valence-corrected chi connectivity index (χ4v) is 2.01. The molecular formula is C14H16ClNO. The fraction of sp³-hybridized carbons (Fsp3) is 0.286. The summed E-state index contributed by atoms with van der Waals surface area (Å²) in [5, 5.41) is 3.96. The van der Waals surface area contributed by atoms with Gasteiger partial charge >= 0.3 is 0 Å². The van der Waals surface area contributed by atoms with Crippen molar-refractivity contribution < 1.29 is 4.42 Å². The number of nitrogens with one attached hydrogen (secondary N) is 1. The molecule has 1 heterocycles. The summed E-state index contributed by atoms with van der Waals surface area (Å²) in [7, 11) is 0. The van der Waals surface area contributed by atoms with Crippen LogP contribution in [0.3, 0.4) is 0 Å². The van der Waals surface area contributed by atoms with Crippen LogP contribution in [0.15, 0.2) is 34.7 Å². The van der Waals surface area contributed by atoms with Gasteiger partial charge in [-0.05, 0) is 43.3 Å². The lowest BCUT2D eigenvalue weighted by Gasteiger charge is -2.02. The molecule has 2 rings (SSSR count). The number of hydrogen-bond donors (Lipinski definition) is 1. The van der Waals surface area contributed by atoms with Crippen molar-refractivity contribution in [2.75, 3.05) is 6.54 Å². The lowest BCUT2D eigenvalue weighted by molar-refractivity contribution is 0.498. The van der Waals surface area contributed by atoms with Crippen LogP contribution in [0.1, 0.15) is 18.2 Å². The first kappa shape index (κ1) is 12.2. The Morgan fingerprint density at radius 2 is 2.06 bits per heavy atom. The molecule has 0 saturated carbocycles. The van der Waals surface area contributed by atoms with Crippen molar-refractivity contribution in [2.24, 2.45) is 0 Å². The molecule has 3 heteroatoms. The Labute approximate surface area is 107 Å². The Bertz CT molecular complexity index is 505. The van der Waals surface area contributed by atoms with Gasteiger partial charge in [-0.15, -0.1) is 0 Å². The molecule has 0 radical (unpaired) electrons. The molecule has 0 aliphatic rings. The second kappa shape index (κ2) is 5.39. The molecule has 1 aromatic heterocycles. The second-order valence-corrected chi connectivity index (χ2v) is 4.44. The quantitative estimate of drug-likeness (QED) is 0.886. The Kier molecular flexibility index (Phi) is 3.87. The third kappa shape index (κ3) is 2.90. The Balaban J connectivity index is 2.24. The van der Waals surface area contributed by atoms with E-state index in [1.54, 1.807) is 0 Å². The molecule has 2 aromatic rings. The zero-order chi connectivity index (χ0) is 12.3. The number of rotatable bonds is 4. The van der Waals surface area contributed by atoms with E-state index < -0.39 is 0 Å². The van der Waals surface area contributed by atoms with Gasteiger partial charge in [0.2, 0.25) is 0 Å². The van der Waals surface area contributed by atoms with Crippen LogP contribution in [0.2, 0.25) is 5.02 Å². The van der Waals surface area contributed by atoms with E-state index in [-0.39, 0.29) is 0 Å². The van der Waals surface area contributed by atoms with Crippen molar-refractivity contribution in [1.29, 1.82) is 0 Å². The molecule has 1 N–H and O–H groups in total. The average Bonchev–Trinajstić information content (AvgIpc) is 2.75. The molecule has 17 heavy (non-hydrogen) atoms. The number of hydrogen-bond acceptors (Lipinski definition) is 2. The molecular weight excluding hydrogens is 234 g/mol. The largest absolute Gasteiger partial charge is 0.460 e. The van der Waals surface area contributed by atoms with E-state index in [9.17, 15) is 0 Å². The monoisotopic (exact) mass is 249 g/mol. The molecule has 0 bridgehead atoms. The lowest BCUT2D eigenvalue weighted by Crippen LogP contribution is -2.10. The van der Waals surface area contributed by atoms with Crippen molar-refractivity contribution in [3.8, 4) is 11.3 Å². The molecule has 0 atom stereocenters. The van der Waals surface area contributed by atoms with Gasteiger partial charge in [0.15, 0.2) is 0 Å². The van der Waals surface area contributed by atoms with Crippen LogP contribution >= 0.6 is 11.6 Å². The van der Waals surface area contributed by atoms with E-state index in [0.29, 0.717) is 0 Å². The predicted octanol–water partition coefficient (Wildman–Crippen LogP) is 4.02. The molecule has 90 valence electrons. The van der Waals surface area contributed by atoms with Gasteiger partial charge in [0.1, 0.15) is 11.5 Å². The summed E-state index contributed by atoms with van der Waals surface area (Å²) in [6.07, 6.45) is 0. The standard InChI is InChI=1S/C14H16ClNO/c1-3-16-9-11-5-7-14(17-11)12-6-4-10(2)8-13(12)15/h4-8,16H,3,9H2,1-2H3. The minimum atomic E-state index is 0.731. The lowest BCUT2D eigenvalue weighted by atomic mass is 10.1. The van der Waals surface area contributed by atoms with E-state index in [0.717, 1.165) is 40.8 Å². The van der Waals surface area contributed by atoms with E-state index in [1.807, 2.05) is 37.3 Å². The van der Waals surface area contributed by atoms with Crippen LogP contribution in [0, 0.1) is 6.92 Å². The minimum absolute atomic E-state index is 0.731. The van der Waals surface area contributed by atoms with Crippen LogP contribution in [0.5, 0.6) is 0 Å². The first-order valence-electron chi connectivity index (χ1n) is 5.76. The average molecular weight is 250 g/mol. The maximum Gasteiger partial charge on any atom is 0.135 e. The molecule has 0 amide bonds. The fourth-order valence-electron chi connectivity index (χ4n) is 1.69. The van der Waals surface area contributed by atoms with E-state index >= 15 is 0 Å². The summed E-state index contributed by atoms with van der Waals surface area (Å²) in [4.78, 5) is 0. The van der Waals surface area contributed by atoms with Crippen LogP contribution < -0.4 is 5.32 Å². The number of furan rings is 1. The molecule has 0 aliphatic heterocycles. The molecule has 0 saturated heterocycles. The van der Waals surface area contributed by atoms with Gasteiger partial charge in [-0.25, -0.2) is 0 Å². The summed E-state index contributed by atoms with van der Waals surface area (Å²) >= 11 is 6.20. The van der Waals surface area contributed by atoms with Gasteiger partial charge in [0, 0.05) is 5.56 Å². The summed E-state index contributed by atoms with van der Waals surface area (Å²) in [6, 6.07) is 9.92. The van der Waals surface area contributed by atoms with Crippen LogP contribution in [-0.4, -0.2) is 6.54 Å². The van der Waals surface area contributed by atoms with Crippen LogP contribution in [0.25, 0.3) is 11.3 Å². The van der Waals surface area contributed by atoms with Gasteiger partial charge in [-0.2, -0.15) is 0 Å². The highest BCUT2D eigenvalue weighted by atomic mass is 35.5. The number of halogens is 1. The van der Waals surface area contributed by atoms with E-state index in [4.69, 9.17) is 16.0 Å². The maximum atomic E-state index is 6.20. The molecule has 0 aliphatic carbocycles. The highest BCUT2D eigenvalue weighted by Crippen LogP contribution is 2.30. The maximum absolute atomic E-state index is 6.20. The van der Waals surface area contributed by atoms with Gasteiger partial charge < -0.3 is 9.73 Å². The summed E-state index contributed by atoms with van der Waals surface area (Å²) in [5.41, 5.74) is 2.10. The van der Waals surface area contributed by atoms with Gasteiger partial charge in [0.25, 0.3) is 0 Å². The zero-order valence-corrected chi connectivity index (χ0v) is 10.8. The van der Waals surface area contributed by atoms with Crippen molar-refractivity contribution in [3.05, 3.63) is 46.7 Å². The molecule has 2 nitrogen and oxygen atoms in total. The third-order valence-corrected chi connectivity index (χ3v) is 2.91. The topological polar surface area (TPSA) is 25.2 Å². The minimum Gasteiger partial charge on any atom is -0.460 e. The van der Waals surface area contributed by atoms with Gasteiger partial charge in [-0.1, -0.05) is 24.6 Å². The SMILES string of the molecule is CCNCc1ccc(-c2ccc(C)cc2Cl)o1. The highest BCUT2D eigenvalue weighted by Gasteiger charge is 2.08. The molecule has 0 spiro atoms. The summed E-state index contributed by atoms with van der Waals surface area (Å²) in [6.45, 7) is 5.77. The van der Waals surface area contributed by atoms with Crippen molar-refractivity contribution in [2.45, 2.75) is 20.4 Å². The number of benzene rings is 1. The predicted molar refractivity (Wildman–Crippen MR) is 71.3 cm³/mol. The first-order chi connectivity index (χ1) is 8.20.